The first-order valence-electron chi connectivity index (χ1n) is 9.21. The predicted octanol–water partition coefficient (Wildman–Crippen LogP) is 3.16. The van der Waals surface area contributed by atoms with Crippen molar-refractivity contribution in [3.05, 3.63) is 59.9 Å². The second-order valence-electron chi connectivity index (χ2n) is 7.04. The molecule has 5 heteroatoms. The van der Waals surface area contributed by atoms with Gasteiger partial charge in [0.1, 0.15) is 18.2 Å². The van der Waals surface area contributed by atoms with Gasteiger partial charge in [-0.3, -0.25) is 4.79 Å². The number of fused-ring (bicyclic) bond motifs is 1. The van der Waals surface area contributed by atoms with Crippen molar-refractivity contribution in [3.63, 3.8) is 0 Å². The number of piperidine rings is 1. The van der Waals surface area contributed by atoms with Gasteiger partial charge in [0, 0.05) is 19.1 Å². The largest absolute Gasteiger partial charge is 0.492 e. The number of nitrogens with zero attached hydrogens (tertiary/aromatic N) is 1. The number of anilines is 1. The Labute approximate surface area is 153 Å². The minimum atomic E-state index is -0.187. The van der Waals surface area contributed by atoms with Crippen molar-refractivity contribution in [2.24, 2.45) is 5.92 Å². The summed E-state index contributed by atoms with van der Waals surface area (Å²) in [6.07, 6.45) is 2.37. The molecular weight excluding hydrogens is 331 g/mol. The third-order valence-electron chi connectivity index (χ3n) is 5.28. The zero-order valence-electron chi connectivity index (χ0n) is 14.7. The fourth-order valence-electron chi connectivity index (χ4n) is 3.79. The van der Waals surface area contributed by atoms with E-state index in [2.05, 4.69) is 10.2 Å². The molecule has 0 radical (unpaired) electrons. The van der Waals surface area contributed by atoms with Gasteiger partial charge in [0.25, 0.3) is 0 Å². The smallest absolute Gasteiger partial charge is 0.227 e. The maximum Gasteiger partial charge on any atom is 0.227 e. The van der Waals surface area contributed by atoms with Crippen LogP contribution in [0.1, 0.15) is 18.4 Å². The van der Waals surface area contributed by atoms with Crippen molar-refractivity contribution in [1.29, 1.82) is 0 Å². The van der Waals surface area contributed by atoms with Crippen molar-refractivity contribution < 1.29 is 13.9 Å². The van der Waals surface area contributed by atoms with Crippen LogP contribution in [0.4, 0.5) is 10.1 Å². The quantitative estimate of drug-likeness (QED) is 0.921. The normalized spacial score (nSPS) is 20.2. The Balaban J connectivity index is 1.31. The SMILES string of the molecule is O=C(NC1CCN(c2ccccc2F)CC1)[C@H]1COc2ccccc2C1. The van der Waals surface area contributed by atoms with Crippen LogP contribution in [-0.2, 0) is 11.2 Å². The number of hydrogen-bond acceptors (Lipinski definition) is 3. The van der Waals surface area contributed by atoms with Crippen LogP contribution < -0.4 is 15.0 Å². The van der Waals surface area contributed by atoms with Crippen LogP contribution in [0.15, 0.2) is 48.5 Å². The van der Waals surface area contributed by atoms with Gasteiger partial charge in [-0.25, -0.2) is 4.39 Å². The molecule has 0 aromatic heterocycles. The van der Waals surface area contributed by atoms with Gasteiger partial charge in [0.15, 0.2) is 0 Å². The standard InChI is InChI=1S/C21H23FN2O2/c22-18-6-2-3-7-19(18)24-11-9-17(10-12-24)23-21(25)16-13-15-5-1-4-8-20(15)26-14-16/h1-8,16-17H,9-14H2,(H,23,25)/t16-/m1/s1. The number of carbonyl (C=O) groups excluding carboxylic acids is 1. The Morgan fingerprint density at radius 1 is 1.08 bits per heavy atom. The van der Waals surface area contributed by atoms with Gasteiger partial charge >= 0.3 is 0 Å². The zero-order valence-corrected chi connectivity index (χ0v) is 14.7. The summed E-state index contributed by atoms with van der Waals surface area (Å²) >= 11 is 0. The van der Waals surface area contributed by atoms with Gasteiger partial charge in [-0.2, -0.15) is 0 Å². The number of nitrogens with one attached hydrogen (secondary N) is 1. The molecule has 1 N–H and O–H groups in total. The molecule has 0 spiro atoms. The van der Waals surface area contributed by atoms with E-state index in [1.807, 2.05) is 36.4 Å². The lowest BCUT2D eigenvalue weighted by molar-refractivity contribution is -0.127. The highest BCUT2D eigenvalue weighted by Gasteiger charge is 2.29. The number of hydrogen-bond donors (Lipinski definition) is 1. The van der Waals surface area contributed by atoms with Crippen LogP contribution in [-0.4, -0.2) is 31.6 Å². The van der Waals surface area contributed by atoms with E-state index in [0.29, 0.717) is 12.3 Å². The topological polar surface area (TPSA) is 41.6 Å². The van der Waals surface area contributed by atoms with Crippen molar-refractivity contribution in [1.82, 2.24) is 5.32 Å². The predicted molar refractivity (Wildman–Crippen MR) is 98.9 cm³/mol. The zero-order chi connectivity index (χ0) is 17.9. The van der Waals surface area contributed by atoms with E-state index >= 15 is 0 Å². The minimum Gasteiger partial charge on any atom is -0.492 e. The maximum absolute atomic E-state index is 13.9. The van der Waals surface area contributed by atoms with Gasteiger partial charge in [-0.15, -0.1) is 0 Å². The molecule has 0 aliphatic carbocycles. The summed E-state index contributed by atoms with van der Waals surface area (Å²) < 4.78 is 19.6. The fraction of sp³-hybridized carbons (Fsp3) is 0.381. The van der Waals surface area contributed by atoms with E-state index < -0.39 is 0 Å². The fourth-order valence-corrected chi connectivity index (χ4v) is 3.79. The molecule has 0 bridgehead atoms. The van der Waals surface area contributed by atoms with E-state index in [4.69, 9.17) is 4.74 Å². The molecule has 4 rings (SSSR count). The molecule has 4 nitrogen and oxygen atoms in total. The van der Waals surface area contributed by atoms with Gasteiger partial charge < -0.3 is 15.0 Å². The first-order valence-corrected chi connectivity index (χ1v) is 9.21. The summed E-state index contributed by atoms with van der Waals surface area (Å²) in [7, 11) is 0. The molecule has 2 heterocycles. The van der Waals surface area contributed by atoms with Crippen LogP contribution in [0.25, 0.3) is 0 Å². The Morgan fingerprint density at radius 2 is 1.81 bits per heavy atom. The van der Waals surface area contributed by atoms with Crippen molar-refractivity contribution >= 4 is 11.6 Å². The molecule has 1 atom stereocenters. The molecule has 1 saturated heterocycles. The molecule has 26 heavy (non-hydrogen) atoms. The molecule has 1 fully saturated rings. The molecule has 0 unspecified atom stereocenters. The van der Waals surface area contributed by atoms with E-state index in [9.17, 15) is 9.18 Å². The first kappa shape index (κ1) is 16.9. The average molecular weight is 354 g/mol. The Bertz CT molecular complexity index is 787. The van der Waals surface area contributed by atoms with Gasteiger partial charge in [-0.05, 0) is 43.0 Å². The van der Waals surface area contributed by atoms with Crippen LogP contribution in [0.3, 0.4) is 0 Å². The Kier molecular flexibility index (Phi) is 4.78. The number of rotatable bonds is 3. The lowest BCUT2D eigenvalue weighted by Gasteiger charge is -2.35. The summed E-state index contributed by atoms with van der Waals surface area (Å²) in [5.41, 5.74) is 1.74. The van der Waals surface area contributed by atoms with E-state index in [0.717, 1.165) is 43.7 Å². The number of carbonyl (C=O) groups is 1. The summed E-state index contributed by atoms with van der Waals surface area (Å²) in [5, 5.41) is 3.17. The molecule has 2 aromatic carbocycles. The number of benzene rings is 2. The third kappa shape index (κ3) is 3.52. The van der Waals surface area contributed by atoms with Gasteiger partial charge in [-0.1, -0.05) is 30.3 Å². The number of halogens is 1. The summed E-state index contributed by atoms with van der Waals surface area (Å²) in [4.78, 5) is 14.7. The average Bonchev–Trinajstić information content (AvgIpc) is 2.69. The van der Waals surface area contributed by atoms with Crippen molar-refractivity contribution in [3.8, 4) is 5.75 Å². The van der Waals surface area contributed by atoms with Crippen LogP contribution in [0.2, 0.25) is 0 Å². The van der Waals surface area contributed by atoms with Crippen LogP contribution in [0.5, 0.6) is 5.75 Å². The molecule has 1 amide bonds. The molecular formula is C21H23FN2O2. The van der Waals surface area contributed by atoms with E-state index in [1.165, 1.54) is 6.07 Å². The van der Waals surface area contributed by atoms with Crippen molar-refractivity contribution in [2.45, 2.75) is 25.3 Å². The first-order chi connectivity index (χ1) is 12.7. The Morgan fingerprint density at radius 3 is 2.62 bits per heavy atom. The highest BCUT2D eigenvalue weighted by Crippen LogP contribution is 2.27. The highest BCUT2D eigenvalue weighted by molar-refractivity contribution is 5.80. The minimum absolute atomic E-state index is 0.0591. The molecule has 2 aliphatic heterocycles. The summed E-state index contributed by atoms with van der Waals surface area (Å²) in [5.74, 6) is 0.612. The second kappa shape index (κ2) is 7.36. The van der Waals surface area contributed by atoms with Gasteiger partial charge in [0.05, 0.1) is 11.6 Å². The lowest BCUT2D eigenvalue weighted by atomic mass is 9.95. The molecule has 0 saturated carbocycles. The Hall–Kier alpha value is -2.56. The van der Waals surface area contributed by atoms with Crippen molar-refractivity contribution in [2.75, 3.05) is 24.6 Å². The van der Waals surface area contributed by atoms with Gasteiger partial charge in [0.2, 0.25) is 5.91 Å². The lowest BCUT2D eigenvalue weighted by Crippen LogP contribution is -2.48. The molecule has 136 valence electrons. The third-order valence-corrected chi connectivity index (χ3v) is 5.28. The maximum atomic E-state index is 13.9. The van der Waals surface area contributed by atoms with Crippen LogP contribution in [0, 0.1) is 11.7 Å². The second-order valence-corrected chi connectivity index (χ2v) is 7.04. The number of ether oxygens (including phenoxy) is 1. The monoisotopic (exact) mass is 354 g/mol. The van der Waals surface area contributed by atoms with E-state index in [-0.39, 0.29) is 23.7 Å². The number of para-hydroxylation sites is 2. The molecule has 2 aromatic rings. The highest BCUT2D eigenvalue weighted by atomic mass is 19.1. The summed E-state index contributed by atoms with van der Waals surface area (Å²) in [6.45, 7) is 1.92. The number of amides is 1. The molecule has 2 aliphatic rings. The van der Waals surface area contributed by atoms with Crippen LogP contribution >= 0.6 is 0 Å². The summed E-state index contributed by atoms with van der Waals surface area (Å²) in [6, 6.07) is 14.9. The van der Waals surface area contributed by atoms with E-state index in [1.54, 1.807) is 6.07 Å².